The first-order valence-electron chi connectivity index (χ1n) is 15.2. The Morgan fingerprint density at radius 3 is 1.95 bits per heavy atom. The SMILES string of the molecule is CC(C)C(=O)OC1CCCC1.CC(C)NS(=O)(=O)C1CC1.COc1ccc(-c2nn(C(C)C)nc2-c2ccccc2)cn1. The highest BCUT2D eigenvalue weighted by Gasteiger charge is 2.35. The summed E-state index contributed by atoms with van der Waals surface area (Å²) in [6.45, 7) is 11.5. The highest BCUT2D eigenvalue weighted by atomic mass is 32.2. The van der Waals surface area contributed by atoms with Crippen LogP contribution in [0.1, 0.15) is 86.1 Å². The fourth-order valence-corrected chi connectivity index (χ4v) is 5.89. The van der Waals surface area contributed by atoms with Crippen LogP contribution in [-0.4, -0.2) is 58.9 Å². The second-order valence-corrected chi connectivity index (χ2v) is 13.8. The highest BCUT2D eigenvalue weighted by molar-refractivity contribution is 7.90. The number of ether oxygens (including phenoxy) is 2. The molecule has 0 radical (unpaired) electrons. The van der Waals surface area contributed by atoms with E-state index < -0.39 is 10.0 Å². The summed E-state index contributed by atoms with van der Waals surface area (Å²) in [4.78, 5) is 17.1. The van der Waals surface area contributed by atoms with E-state index in [-0.39, 0.29) is 35.3 Å². The Hall–Kier alpha value is -3.31. The number of hydrogen-bond acceptors (Lipinski definition) is 8. The molecule has 2 aliphatic carbocycles. The average molecular weight is 614 g/mol. The van der Waals surface area contributed by atoms with Gasteiger partial charge in [-0.3, -0.25) is 4.79 Å². The Kier molecular flexibility index (Phi) is 12.7. The van der Waals surface area contributed by atoms with Crippen molar-refractivity contribution >= 4 is 16.0 Å². The highest BCUT2D eigenvalue weighted by Crippen LogP contribution is 2.30. The van der Waals surface area contributed by atoms with Crippen molar-refractivity contribution in [3.05, 3.63) is 48.7 Å². The van der Waals surface area contributed by atoms with Crippen LogP contribution < -0.4 is 9.46 Å². The van der Waals surface area contributed by atoms with Crippen LogP contribution >= 0.6 is 0 Å². The van der Waals surface area contributed by atoms with Crippen molar-refractivity contribution in [2.45, 2.75) is 104 Å². The molecular weight excluding hydrogens is 566 g/mol. The molecule has 2 aliphatic rings. The maximum absolute atomic E-state index is 11.1. The summed E-state index contributed by atoms with van der Waals surface area (Å²) in [5, 5.41) is 9.19. The summed E-state index contributed by atoms with van der Waals surface area (Å²) in [6, 6.07) is 14.1. The predicted molar refractivity (Wildman–Crippen MR) is 169 cm³/mol. The number of hydrogen-bond donors (Lipinski definition) is 1. The molecule has 3 aromatic rings. The number of benzene rings is 1. The molecule has 2 saturated carbocycles. The zero-order valence-corrected chi connectivity index (χ0v) is 27.3. The number of methoxy groups -OCH3 is 1. The van der Waals surface area contributed by atoms with Crippen molar-refractivity contribution in [2.24, 2.45) is 5.92 Å². The molecule has 0 bridgehead atoms. The Bertz CT molecular complexity index is 1380. The van der Waals surface area contributed by atoms with Crippen LogP contribution in [0.25, 0.3) is 22.5 Å². The Morgan fingerprint density at radius 1 is 0.884 bits per heavy atom. The number of carbonyl (C=O) groups is 1. The molecule has 11 heteroatoms. The van der Waals surface area contributed by atoms with E-state index in [0.717, 1.165) is 48.2 Å². The molecule has 0 atom stereocenters. The topological polar surface area (TPSA) is 125 Å². The molecule has 1 aromatic carbocycles. The van der Waals surface area contributed by atoms with Gasteiger partial charge in [0.15, 0.2) is 0 Å². The number of nitrogens with one attached hydrogen (secondary N) is 1. The normalized spacial score (nSPS) is 15.1. The quantitative estimate of drug-likeness (QED) is 0.283. The molecule has 2 fully saturated rings. The van der Waals surface area contributed by atoms with Crippen LogP contribution in [0.3, 0.4) is 0 Å². The van der Waals surface area contributed by atoms with Gasteiger partial charge in [-0.2, -0.15) is 15.0 Å². The summed E-state index contributed by atoms with van der Waals surface area (Å²) in [5.41, 5.74) is 3.66. The van der Waals surface area contributed by atoms with Crippen molar-refractivity contribution in [3.63, 3.8) is 0 Å². The molecule has 1 N–H and O–H groups in total. The number of pyridine rings is 1. The van der Waals surface area contributed by atoms with E-state index in [1.165, 1.54) is 12.8 Å². The Morgan fingerprint density at radius 2 is 1.49 bits per heavy atom. The standard InChI is InChI=1S/C17H18N4O.C9H16O2.C6H13NO2S/c1-12(2)21-19-16(13-7-5-4-6-8-13)17(20-21)14-9-10-15(22-3)18-11-14;1-7(2)9(10)11-8-5-3-4-6-8;1-5(2)7-10(8,9)6-3-4-6/h4-12H,1-3H3;7-8H,3-6H2,1-2H3;5-7H,3-4H2,1-2H3. The molecule has 43 heavy (non-hydrogen) atoms. The molecule has 0 spiro atoms. The van der Waals surface area contributed by atoms with Gasteiger partial charge in [-0.05, 0) is 72.3 Å². The smallest absolute Gasteiger partial charge is 0.308 e. The van der Waals surface area contributed by atoms with Gasteiger partial charge in [0.05, 0.1) is 24.3 Å². The van der Waals surface area contributed by atoms with Crippen LogP contribution in [0, 0.1) is 5.92 Å². The van der Waals surface area contributed by atoms with Crippen molar-refractivity contribution in [1.29, 1.82) is 0 Å². The van der Waals surface area contributed by atoms with Gasteiger partial charge in [0.1, 0.15) is 17.5 Å². The number of rotatable bonds is 9. The number of carbonyl (C=O) groups excluding carboxylic acids is 1. The van der Waals surface area contributed by atoms with Crippen molar-refractivity contribution in [3.8, 4) is 28.4 Å². The first-order chi connectivity index (χ1) is 20.4. The van der Waals surface area contributed by atoms with Crippen molar-refractivity contribution < 1.29 is 22.7 Å². The van der Waals surface area contributed by atoms with Gasteiger partial charge in [-0.15, -0.1) is 0 Å². The number of nitrogens with zero attached hydrogens (tertiary/aromatic N) is 4. The lowest BCUT2D eigenvalue weighted by Crippen LogP contribution is -2.32. The maximum atomic E-state index is 11.1. The van der Waals surface area contributed by atoms with Crippen LogP contribution in [0.4, 0.5) is 0 Å². The Labute approximate surface area is 256 Å². The summed E-state index contributed by atoms with van der Waals surface area (Å²) < 4.78 is 35.1. The van der Waals surface area contributed by atoms with Gasteiger partial charge in [0, 0.05) is 29.4 Å². The molecule has 2 heterocycles. The molecule has 0 unspecified atom stereocenters. The predicted octanol–water partition coefficient (Wildman–Crippen LogP) is 6.20. The van der Waals surface area contributed by atoms with Gasteiger partial charge in [-0.25, -0.2) is 18.1 Å². The van der Waals surface area contributed by atoms with E-state index in [1.807, 2.05) is 70.2 Å². The second-order valence-electron chi connectivity index (χ2n) is 11.8. The summed E-state index contributed by atoms with van der Waals surface area (Å²) in [5.74, 6) is 0.564. The largest absolute Gasteiger partial charge is 0.481 e. The number of esters is 1. The Balaban J connectivity index is 0.000000201. The lowest BCUT2D eigenvalue weighted by Gasteiger charge is -2.12. The first-order valence-corrected chi connectivity index (χ1v) is 16.7. The third-order valence-electron chi connectivity index (χ3n) is 6.78. The van der Waals surface area contributed by atoms with Crippen molar-refractivity contribution in [2.75, 3.05) is 7.11 Å². The third-order valence-corrected chi connectivity index (χ3v) is 8.93. The van der Waals surface area contributed by atoms with Gasteiger partial charge < -0.3 is 9.47 Å². The zero-order valence-electron chi connectivity index (χ0n) is 26.5. The molecule has 0 saturated heterocycles. The molecular formula is C32H47N5O5S. The molecule has 0 amide bonds. The minimum absolute atomic E-state index is 0.0237. The lowest BCUT2D eigenvalue weighted by atomic mass is 10.1. The van der Waals surface area contributed by atoms with Crippen LogP contribution in [0.5, 0.6) is 5.88 Å². The summed E-state index contributed by atoms with van der Waals surface area (Å²) in [7, 11) is -1.33. The van der Waals surface area contributed by atoms with Gasteiger partial charge in [0.25, 0.3) is 0 Å². The number of sulfonamides is 1. The third kappa shape index (κ3) is 10.7. The zero-order chi connectivity index (χ0) is 31.6. The molecule has 2 aromatic heterocycles. The van der Waals surface area contributed by atoms with E-state index in [9.17, 15) is 13.2 Å². The van der Waals surface area contributed by atoms with Gasteiger partial charge in [0.2, 0.25) is 15.9 Å². The van der Waals surface area contributed by atoms with E-state index in [2.05, 4.69) is 33.8 Å². The molecule has 236 valence electrons. The first kappa shape index (κ1) is 34.2. The average Bonchev–Trinajstić information content (AvgIpc) is 3.55. The fourth-order valence-electron chi connectivity index (χ4n) is 4.29. The van der Waals surface area contributed by atoms with Gasteiger partial charge >= 0.3 is 5.97 Å². The summed E-state index contributed by atoms with van der Waals surface area (Å²) in [6.07, 6.45) is 8.23. The van der Waals surface area contributed by atoms with E-state index in [1.54, 1.807) is 18.1 Å². The van der Waals surface area contributed by atoms with Crippen LogP contribution in [-0.2, 0) is 19.6 Å². The van der Waals surface area contributed by atoms with Crippen LogP contribution in [0.2, 0.25) is 0 Å². The number of aromatic nitrogens is 4. The maximum Gasteiger partial charge on any atom is 0.308 e. The monoisotopic (exact) mass is 613 g/mol. The van der Waals surface area contributed by atoms with E-state index in [4.69, 9.17) is 9.47 Å². The lowest BCUT2D eigenvalue weighted by molar-refractivity contribution is -0.152. The molecule has 0 aliphatic heterocycles. The minimum atomic E-state index is -2.94. The van der Waals surface area contributed by atoms with Gasteiger partial charge in [-0.1, -0.05) is 44.2 Å². The molecule has 5 rings (SSSR count). The second kappa shape index (κ2) is 16.0. The van der Waals surface area contributed by atoms with E-state index in [0.29, 0.717) is 5.88 Å². The van der Waals surface area contributed by atoms with E-state index >= 15 is 0 Å². The summed E-state index contributed by atoms with van der Waals surface area (Å²) >= 11 is 0. The van der Waals surface area contributed by atoms with Crippen LogP contribution in [0.15, 0.2) is 48.7 Å². The molecule has 10 nitrogen and oxygen atoms in total. The fraction of sp³-hybridized carbons (Fsp3) is 0.562. The minimum Gasteiger partial charge on any atom is -0.481 e. The van der Waals surface area contributed by atoms with Crippen molar-refractivity contribution in [1.82, 2.24) is 24.7 Å².